The molecule has 0 fully saturated rings. The molecule has 0 aliphatic carbocycles. The van der Waals surface area contributed by atoms with Crippen LogP contribution in [0.1, 0.15) is 5.69 Å². The average molecular weight is 428 g/mol. The number of nitrogens with one attached hydrogen (secondary N) is 2. The molecule has 3 aromatic heterocycles. The maximum atomic E-state index is 5.00. The van der Waals surface area contributed by atoms with E-state index >= 15 is 0 Å². The zero-order valence-electron chi connectivity index (χ0n) is 17.9. The fourth-order valence-electron chi connectivity index (χ4n) is 4.17. The number of hydrogen-bond acceptors (Lipinski definition) is 4. The Bertz CT molecular complexity index is 1560. The van der Waals surface area contributed by atoms with E-state index in [4.69, 9.17) is 9.97 Å². The van der Waals surface area contributed by atoms with Crippen LogP contribution in [0.15, 0.2) is 103 Å². The summed E-state index contributed by atoms with van der Waals surface area (Å²) in [5, 5.41) is 5.68. The van der Waals surface area contributed by atoms with E-state index in [1.54, 1.807) is 0 Å². The Kier molecular flexibility index (Phi) is 4.77. The van der Waals surface area contributed by atoms with Gasteiger partial charge in [-0.25, -0.2) is 9.97 Å². The summed E-state index contributed by atoms with van der Waals surface area (Å²) in [5.41, 5.74) is 6.17. The highest BCUT2D eigenvalue weighted by Gasteiger charge is 2.14. The number of aromatic nitrogens is 4. The fraction of sp³-hybridized carbons (Fsp3) is 0.0357. The van der Waals surface area contributed by atoms with Gasteiger partial charge in [0, 0.05) is 28.9 Å². The smallest absolute Gasteiger partial charge is 0.162 e. The van der Waals surface area contributed by atoms with E-state index in [0.29, 0.717) is 12.4 Å². The van der Waals surface area contributed by atoms with Gasteiger partial charge in [0.1, 0.15) is 5.82 Å². The van der Waals surface area contributed by atoms with E-state index in [1.807, 2.05) is 42.7 Å². The number of pyridine rings is 1. The molecule has 0 unspecified atom stereocenters. The number of anilines is 1. The summed E-state index contributed by atoms with van der Waals surface area (Å²) in [6.07, 6.45) is 3.75. The molecule has 5 nitrogen and oxygen atoms in total. The van der Waals surface area contributed by atoms with Crippen molar-refractivity contribution in [1.29, 1.82) is 0 Å². The Morgan fingerprint density at radius 1 is 0.758 bits per heavy atom. The number of fused-ring (bicyclic) bond motifs is 2. The van der Waals surface area contributed by atoms with Crippen molar-refractivity contribution in [3.8, 4) is 22.5 Å². The van der Waals surface area contributed by atoms with Crippen LogP contribution in [0.25, 0.3) is 44.3 Å². The average Bonchev–Trinajstić information content (AvgIpc) is 3.36. The van der Waals surface area contributed by atoms with E-state index in [2.05, 4.69) is 75.9 Å². The van der Waals surface area contributed by atoms with Crippen molar-refractivity contribution in [2.75, 3.05) is 5.32 Å². The third-order valence-electron chi connectivity index (χ3n) is 5.78. The van der Waals surface area contributed by atoms with Crippen LogP contribution < -0.4 is 5.32 Å². The molecule has 6 aromatic rings. The van der Waals surface area contributed by atoms with Crippen molar-refractivity contribution in [1.82, 2.24) is 19.9 Å². The molecule has 0 aliphatic rings. The van der Waals surface area contributed by atoms with Crippen LogP contribution in [0.2, 0.25) is 0 Å². The molecular weight excluding hydrogens is 406 g/mol. The molecule has 3 heterocycles. The van der Waals surface area contributed by atoms with Crippen molar-refractivity contribution in [3.63, 3.8) is 0 Å². The molecule has 33 heavy (non-hydrogen) atoms. The summed E-state index contributed by atoms with van der Waals surface area (Å²) < 4.78 is 0. The number of benzene rings is 3. The molecule has 0 aliphatic heterocycles. The molecule has 0 spiro atoms. The first-order valence-electron chi connectivity index (χ1n) is 10.9. The standard InChI is InChI=1S/C28H21N5/c1-2-7-19(8-3-1)23-10-6-11-25-26(23)28(31-18-22-9-4-5-15-29-22)33-27(32-25)21-12-13-24-20(17-21)14-16-30-24/h1-17,30H,18H2,(H,31,32,33). The fourth-order valence-corrected chi connectivity index (χ4v) is 4.17. The largest absolute Gasteiger partial charge is 0.364 e. The second-order valence-corrected chi connectivity index (χ2v) is 7.92. The first-order valence-corrected chi connectivity index (χ1v) is 10.9. The summed E-state index contributed by atoms with van der Waals surface area (Å²) in [5.74, 6) is 1.49. The molecule has 5 heteroatoms. The van der Waals surface area contributed by atoms with Crippen LogP contribution in [0.5, 0.6) is 0 Å². The normalized spacial score (nSPS) is 11.2. The van der Waals surface area contributed by atoms with Crippen molar-refractivity contribution < 1.29 is 0 Å². The Labute approximate surface area is 191 Å². The lowest BCUT2D eigenvalue weighted by atomic mass is 10.0. The third-order valence-corrected chi connectivity index (χ3v) is 5.78. The predicted octanol–water partition coefficient (Wildman–Crippen LogP) is 6.45. The van der Waals surface area contributed by atoms with Crippen LogP contribution in [0, 0.1) is 0 Å². The molecule has 3 aromatic carbocycles. The first kappa shape index (κ1) is 19.2. The highest BCUT2D eigenvalue weighted by atomic mass is 15.0. The minimum absolute atomic E-state index is 0.576. The third kappa shape index (κ3) is 3.70. The van der Waals surface area contributed by atoms with E-state index < -0.39 is 0 Å². The molecule has 2 N–H and O–H groups in total. The number of hydrogen-bond donors (Lipinski definition) is 2. The van der Waals surface area contributed by atoms with E-state index in [9.17, 15) is 0 Å². The molecule has 6 rings (SSSR count). The van der Waals surface area contributed by atoms with Crippen LogP contribution >= 0.6 is 0 Å². The highest BCUT2D eigenvalue weighted by Crippen LogP contribution is 2.34. The van der Waals surface area contributed by atoms with E-state index in [0.717, 1.165) is 50.0 Å². The van der Waals surface area contributed by atoms with Gasteiger partial charge in [0.05, 0.1) is 23.1 Å². The molecule has 0 saturated carbocycles. The maximum absolute atomic E-state index is 5.00. The van der Waals surface area contributed by atoms with Crippen LogP contribution in [-0.4, -0.2) is 19.9 Å². The Morgan fingerprint density at radius 3 is 2.55 bits per heavy atom. The summed E-state index contributed by atoms with van der Waals surface area (Å²) in [7, 11) is 0. The van der Waals surface area contributed by atoms with Crippen molar-refractivity contribution in [3.05, 3.63) is 109 Å². The highest BCUT2D eigenvalue weighted by molar-refractivity contribution is 6.02. The number of rotatable bonds is 5. The quantitative estimate of drug-likeness (QED) is 0.332. The Hall–Kier alpha value is -4.51. The molecule has 0 bridgehead atoms. The van der Waals surface area contributed by atoms with Gasteiger partial charge in [0.2, 0.25) is 0 Å². The Morgan fingerprint density at radius 2 is 1.67 bits per heavy atom. The molecule has 0 atom stereocenters. The second-order valence-electron chi connectivity index (χ2n) is 7.92. The van der Waals surface area contributed by atoms with Gasteiger partial charge < -0.3 is 10.3 Å². The van der Waals surface area contributed by atoms with Gasteiger partial charge in [0.15, 0.2) is 5.82 Å². The predicted molar refractivity (Wildman–Crippen MR) is 134 cm³/mol. The van der Waals surface area contributed by atoms with Gasteiger partial charge >= 0.3 is 0 Å². The molecule has 0 radical (unpaired) electrons. The van der Waals surface area contributed by atoms with Gasteiger partial charge in [0.25, 0.3) is 0 Å². The molecule has 0 saturated heterocycles. The van der Waals surface area contributed by atoms with Gasteiger partial charge in [-0.3, -0.25) is 4.98 Å². The molecule has 158 valence electrons. The number of nitrogens with zero attached hydrogens (tertiary/aromatic N) is 3. The van der Waals surface area contributed by atoms with Crippen molar-refractivity contribution in [2.45, 2.75) is 6.54 Å². The SMILES string of the molecule is c1ccc(-c2cccc3nc(-c4ccc5[nH]ccc5c4)nc(NCc4ccccn4)c23)cc1. The second kappa shape index (κ2) is 8.20. The van der Waals surface area contributed by atoms with Crippen molar-refractivity contribution >= 4 is 27.6 Å². The number of aromatic amines is 1. The van der Waals surface area contributed by atoms with E-state index in [1.165, 1.54) is 0 Å². The lowest BCUT2D eigenvalue weighted by Crippen LogP contribution is -2.06. The minimum Gasteiger partial charge on any atom is -0.364 e. The van der Waals surface area contributed by atoms with Gasteiger partial charge in [-0.15, -0.1) is 0 Å². The zero-order valence-corrected chi connectivity index (χ0v) is 17.9. The minimum atomic E-state index is 0.576. The topological polar surface area (TPSA) is 66.5 Å². The lowest BCUT2D eigenvalue weighted by molar-refractivity contribution is 1.03. The van der Waals surface area contributed by atoms with Crippen molar-refractivity contribution in [2.24, 2.45) is 0 Å². The van der Waals surface area contributed by atoms with Crippen LogP contribution in [0.3, 0.4) is 0 Å². The summed E-state index contributed by atoms with van der Waals surface area (Å²) in [4.78, 5) is 17.7. The van der Waals surface area contributed by atoms with Gasteiger partial charge in [-0.2, -0.15) is 0 Å². The monoisotopic (exact) mass is 427 g/mol. The summed E-state index contributed by atoms with van der Waals surface area (Å²) >= 11 is 0. The summed E-state index contributed by atoms with van der Waals surface area (Å²) in [6, 6.07) is 30.8. The first-order chi connectivity index (χ1) is 16.3. The van der Waals surface area contributed by atoms with Crippen LogP contribution in [-0.2, 0) is 6.54 Å². The lowest BCUT2D eigenvalue weighted by Gasteiger charge is -2.14. The van der Waals surface area contributed by atoms with Crippen LogP contribution in [0.4, 0.5) is 5.82 Å². The molecule has 0 amide bonds. The Balaban J connectivity index is 1.53. The zero-order chi connectivity index (χ0) is 22.0. The van der Waals surface area contributed by atoms with Gasteiger partial charge in [-0.05, 0) is 53.6 Å². The maximum Gasteiger partial charge on any atom is 0.162 e. The summed E-state index contributed by atoms with van der Waals surface area (Å²) in [6.45, 7) is 0.576. The number of H-pyrrole nitrogens is 1. The van der Waals surface area contributed by atoms with Gasteiger partial charge in [-0.1, -0.05) is 48.5 Å². The molecular formula is C28H21N5. The van der Waals surface area contributed by atoms with E-state index in [-0.39, 0.29) is 0 Å².